The molecule has 0 radical (unpaired) electrons. The summed E-state index contributed by atoms with van der Waals surface area (Å²) < 4.78 is 12.1. The number of nitrogens with one attached hydrogen (secondary N) is 1. The smallest absolute Gasteiger partial charge is 0.344 e. The van der Waals surface area contributed by atoms with Gasteiger partial charge in [0.25, 0.3) is 5.89 Å². The summed E-state index contributed by atoms with van der Waals surface area (Å²) in [6, 6.07) is 9.63. The molecule has 3 heterocycles. The molecule has 0 aliphatic rings. The van der Waals surface area contributed by atoms with E-state index in [0.29, 0.717) is 39.6 Å². The lowest BCUT2D eigenvalue weighted by Gasteiger charge is -2.14. The van der Waals surface area contributed by atoms with E-state index in [1.165, 1.54) is 11.8 Å². The van der Waals surface area contributed by atoms with Crippen molar-refractivity contribution in [2.24, 2.45) is 0 Å². The van der Waals surface area contributed by atoms with Crippen molar-refractivity contribution in [2.75, 3.05) is 0 Å². The standard InChI is InChI=1S/C18H18N6O3S/c1-10-15(12(3)26-22-10)16-19-14(23-27-16)9-28-18-21-20-17(25)24(18)11(2)13-7-5-4-6-8-13/h4-8,11H,9H2,1-3H3,(H,20,25). The summed E-state index contributed by atoms with van der Waals surface area (Å²) in [6.07, 6.45) is 0. The second-order valence-electron chi connectivity index (χ2n) is 6.27. The first-order chi connectivity index (χ1) is 13.5. The summed E-state index contributed by atoms with van der Waals surface area (Å²) in [5, 5.41) is 15.1. The van der Waals surface area contributed by atoms with Crippen LogP contribution in [-0.2, 0) is 5.75 Å². The first kappa shape index (κ1) is 18.2. The second kappa shape index (κ2) is 7.47. The average Bonchev–Trinajstić information content (AvgIpc) is 3.39. The molecule has 0 bridgehead atoms. The molecule has 0 amide bonds. The highest BCUT2D eigenvalue weighted by molar-refractivity contribution is 7.98. The lowest BCUT2D eigenvalue weighted by molar-refractivity contribution is 0.392. The molecule has 0 aliphatic carbocycles. The van der Waals surface area contributed by atoms with Gasteiger partial charge in [0.1, 0.15) is 11.3 Å². The van der Waals surface area contributed by atoms with E-state index >= 15 is 0 Å². The molecule has 0 fully saturated rings. The summed E-state index contributed by atoms with van der Waals surface area (Å²) in [6.45, 7) is 5.57. The summed E-state index contributed by atoms with van der Waals surface area (Å²) in [5.74, 6) is 1.88. The van der Waals surface area contributed by atoms with E-state index in [4.69, 9.17) is 9.05 Å². The maximum atomic E-state index is 12.3. The number of hydrogen-bond acceptors (Lipinski definition) is 8. The van der Waals surface area contributed by atoms with E-state index in [2.05, 4.69) is 25.5 Å². The van der Waals surface area contributed by atoms with E-state index < -0.39 is 0 Å². The number of H-pyrrole nitrogens is 1. The molecule has 1 unspecified atom stereocenters. The molecule has 0 aliphatic heterocycles. The van der Waals surface area contributed by atoms with Gasteiger partial charge in [-0.1, -0.05) is 52.4 Å². The topological polar surface area (TPSA) is 116 Å². The SMILES string of the molecule is Cc1noc(C)c1-c1nc(CSc2n[nH]c(=O)n2C(C)c2ccccc2)no1. The van der Waals surface area contributed by atoms with E-state index in [1.807, 2.05) is 44.2 Å². The Morgan fingerprint density at radius 2 is 1.96 bits per heavy atom. The predicted octanol–water partition coefficient (Wildman–Crippen LogP) is 3.13. The quantitative estimate of drug-likeness (QED) is 0.493. The molecule has 28 heavy (non-hydrogen) atoms. The molecule has 144 valence electrons. The van der Waals surface area contributed by atoms with E-state index in [0.717, 1.165) is 5.56 Å². The largest absolute Gasteiger partial charge is 0.361 e. The van der Waals surface area contributed by atoms with Gasteiger partial charge in [-0.05, 0) is 26.3 Å². The van der Waals surface area contributed by atoms with E-state index in [9.17, 15) is 4.79 Å². The van der Waals surface area contributed by atoms with Crippen LogP contribution in [-0.4, -0.2) is 30.1 Å². The van der Waals surface area contributed by atoms with Crippen molar-refractivity contribution in [1.29, 1.82) is 0 Å². The van der Waals surface area contributed by atoms with Gasteiger partial charge < -0.3 is 9.05 Å². The van der Waals surface area contributed by atoms with Gasteiger partial charge in [-0.3, -0.25) is 4.57 Å². The Labute approximate surface area is 164 Å². The van der Waals surface area contributed by atoms with Gasteiger partial charge in [0, 0.05) is 0 Å². The highest BCUT2D eigenvalue weighted by Crippen LogP contribution is 2.27. The lowest BCUT2D eigenvalue weighted by atomic mass is 10.1. The number of rotatable bonds is 6. The molecule has 0 saturated carbocycles. The normalized spacial score (nSPS) is 12.4. The Kier molecular flexibility index (Phi) is 4.86. The lowest BCUT2D eigenvalue weighted by Crippen LogP contribution is -2.22. The summed E-state index contributed by atoms with van der Waals surface area (Å²) in [5.41, 5.74) is 2.16. The first-order valence-electron chi connectivity index (χ1n) is 8.65. The summed E-state index contributed by atoms with van der Waals surface area (Å²) in [4.78, 5) is 16.7. The Balaban J connectivity index is 1.53. The van der Waals surface area contributed by atoms with Gasteiger partial charge in [0.15, 0.2) is 11.0 Å². The summed E-state index contributed by atoms with van der Waals surface area (Å²) >= 11 is 1.36. The Morgan fingerprint density at radius 3 is 2.68 bits per heavy atom. The zero-order chi connectivity index (χ0) is 19.7. The molecule has 1 aromatic carbocycles. The van der Waals surface area contributed by atoms with Gasteiger partial charge in [-0.15, -0.1) is 5.10 Å². The van der Waals surface area contributed by atoms with Gasteiger partial charge in [-0.25, -0.2) is 9.89 Å². The Hall–Kier alpha value is -3.14. The number of nitrogens with zero attached hydrogens (tertiary/aromatic N) is 5. The fourth-order valence-electron chi connectivity index (χ4n) is 2.95. The number of aromatic nitrogens is 6. The number of aromatic amines is 1. The van der Waals surface area contributed by atoms with Crippen molar-refractivity contribution in [3.63, 3.8) is 0 Å². The highest BCUT2D eigenvalue weighted by atomic mass is 32.2. The minimum Gasteiger partial charge on any atom is -0.361 e. The van der Waals surface area contributed by atoms with Crippen molar-refractivity contribution in [1.82, 2.24) is 30.1 Å². The van der Waals surface area contributed by atoms with Crippen molar-refractivity contribution in [3.8, 4) is 11.5 Å². The maximum Gasteiger partial charge on any atom is 0.344 e. The highest BCUT2D eigenvalue weighted by Gasteiger charge is 2.20. The first-order valence-corrected chi connectivity index (χ1v) is 9.63. The zero-order valence-electron chi connectivity index (χ0n) is 15.5. The van der Waals surface area contributed by atoms with Crippen LogP contribution in [0, 0.1) is 13.8 Å². The van der Waals surface area contributed by atoms with Crippen LogP contribution in [0.2, 0.25) is 0 Å². The number of benzene rings is 1. The van der Waals surface area contributed by atoms with Crippen LogP contribution in [0.4, 0.5) is 0 Å². The van der Waals surface area contributed by atoms with Gasteiger partial charge in [0.2, 0.25) is 0 Å². The van der Waals surface area contributed by atoms with Gasteiger partial charge >= 0.3 is 5.69 Å². The number of hydrogen-bond donors (Lipinski definition) is 1. The monoisotopic (exact) mass is 398 g/mol. The van der Waals surface area contributed by atoms with Crippen molar-refractivity contribution in [3.05, 3.63) is 63.7 Å². The molecule has 0 saturated heterocycles. The average molecular weight is 398 g/mol. The van der Waals surface area contributed by atoms with Crippen LogP contribution in [0.1, 0.15) is 35.8 Å². The maximum absolute atomic E-state index is 12.3. The minimum atomic E-state index is -0.261. The Bertz CT molecular complexity index is 1120. The molecule has 3 aromatic heterocycles. The second-order valence-corrected chi connectivity index (χ2v) is 7.21. The third-order valence-corrected chi connectivity index (χ3v) is 5.34. The van der Waals surface area contributed by atoms with Crippen molar-refractivity contribution < 1.29 is 9.05 Å². The van der Waals surface area contributed by atoms with Crippen LogP contribution in [0.25, 0.3) is 11.5 Å². The molecule has 4 rings (SSSR count). The van der Waals surface area contributed by atoms with E-state index in [1.54, 1.807) is 11.5 Å². The molecular weight excluding hydrogens is 380 g/mol. The van der Waals surface area contributed by atoms with E-state index in [-0.39, 0.29) is 11.7 Å². The molecule has 0 spiro atoms. The van der Waals surface area contributed by atoms with Crippen LogP contribution in [0.3, 0.4) is 0 Å². The fourth-order valence-corrected chi connectivity index (χ4v) is 3.81. The molecule has 1 N–H and O–H groups in total. The van der Waals surface area contributed by atoms with Crippen molar-refractivity contribution >= 4 is 11.8 Å². The van der Waals surface area contributed by atoms with Crippen molar-refractivity contribution in [2.45, 2.75) is 37.7 Å². The molecular formula is C18H18N6O3S. The molecule has 9 nitrogen and oxygen atoms in total. The number of thioether (sulfide) groups is 1. The zero-order valence-corrected chi connectivity index (χ0v) is 16.4. The van der Waals surface area contributed by atoms with Crippen LogP contribution in [0.5, 0.6) is 0 Å². The number of aryl methyl sites for hydroxylation is 2. The summed E-state index contributed by atoms with van der Waals surface area (Å²) in [7, 11) is 0. The van der Waals surface area contributed by atoms with Crippen LogP contribution >= 0.6 is 11.8 Å². The van der Waals surface area contributed by atoms with Gasteiger partial charge in [0.05, 0.1) is 17.5 Å². The Morgan fingerprint density at radius 1 is 1.18 bits per heavy atom. The predicted molar refractivity (Wildman–Crippen MR) is 102 cm³/mol. The fraction of sp³-hybridized carbons (Fsp3) is 0.278. The third kappa shape index (κ3) is 3.38. The molecule has 10 heteroatoms. The van der Waals surface area contributed by atoms with Gasteiger partial charge in [-0.2, -0.15) is 4.98 Å². The minimum absolute atomic E-state index is 0.155. The van der Waals surface area contributed by atoms with Crippen LogP contribution < -0.4 is 5.69 Å². The molecule has 4 aromatic rings. The third-order valence-electron chi connectivity index (χ3n) is 4.39. The van der Waals surface area contributed by atoms with Crippen LogP contribution in [0.15, 0.2) is 49.3 Å². The molecule has 1 atom stereocenters.